The van der Waals surface area contributed by atoms with Crippen molar-refractivity contribution in [3.63, 3.8) is 0 Å². The standard InChI is InChI=1S/C14H23N3O3/c1-2-3-4-5-6-11(18)17-9-7-14(8-10-17)12(19)15-13(20)16-14/h2-10H2,1H3,(H2,15,16,19,20). The normalized spacial score (nSPS) is 20.9. The molecule has 0 aromatic carbocycles. The molecule has 112 valence electrons. The van der Waals surface area contributed by atoms with Gasteiger partial charge in [-0.2, -0.15) is 0 Å². The number of hydrogen-bond acceptors (Lipinski definition) is 3. The van der Waals surface area contributed by atoms with Gasteiger partial charge in [0.05, 0.1) is 0 Å². The first kappa shape index (κ1) is 14.8. The number of carbonyl (C=O) groups is 3. The van der Waals surface area contributed by atoms with Gasteiger partial charge in [-0.15, -0.1) is 0 Å². The van der Waals surface area contributed by atoms with Gasteiger partial charge in [-0.1, -0.05) is 26.2 Å². The lowest BCUT2D eigenvalue weighted by atomic mass is 9.87. The second-order valence-corrected chi connectivity index (χ2v) is 5.68. The van der Waals surface area contributed by atoms with Crippen molar-refractivity contribution in [2.45, 2.75) is 57.4 Å². The minimum Gasteiger partial charge on any atom is -0.342 e. The summed E-state index contributed by atoms with van der Waals surface area (Å²) < 4.78 is 0. The van der Waals surface area contributed by atoms with E-state index in [1.807, 2.05) is 4.90 Å². The lowest BCUT2D eigenvalue weighted by Gasteiger charge is -2.37. The molecule has 4 amide bonds. The summed E-state index contributed by atoms with van der Waals surface area (Å²) in [6, 6.07) is -0.422. The van der Waals surface area contributed by atoms with E-state index in [-0.39, 0.29) is 11.8 Å². The van der Waals surface area contributed by atoms with Crippen LogP contribution in [0.15, 0.2) is 0 Å². The summed E-state index contributed by atoms with van der Waals surface area (Å²) in [6.07, 6.45) is 5.96. The molecule has 0 aromatic heterocycles. The highest BCUT2D eigenvalue weighted by molar-refractivity contribution is 6.07. The van der Waals surface area contributed by atoms with Crippen LogP contribution in [0.1, 0.15) is 51.9 Å². The topological polar surface area (TPSA) is 78.5 Å². The van der Waals surface area contributed by atoms with Crippen LogP contribution in [-0.4, -0.2) is 41.4 Å². The number of imide groups is 1. The van der Waals surface area contributed by atoms with Gasteiger partial charge in [0.15, 0.2) is 0 Å². The highest BCUT2D eigenvalue weighted by Crippen LogP contribution is 2.26. The molecule has 6 heteroatoms. The third-order valence-corrected chi connectivity index (χ3v) is 4.23. The summed E-state index contributed by atoms with van der Waals surface area (Å²) in [4.78, 5) is 36.9. The summed E-state index contributed by atoms with van der Waals surface area (Å²) in [6.45, 7) is 3.23. The molecule has 0 radical (unpaired) electrons. The second-order valence-electron chi connectivity index (χ2n) is 5.68. The van der Waals surface area contributed by atoms with Crippen LogP contribution in [0.2, 0.25) is 0 Å². The Morgan fingerprint density at radius 2 is 1.90 bits per heavy atom. The maximum atomic E-state index is 12.0. The van der Waals surface area contributed by atoms with E-state index >= 15 is 0 Å². The molecule has 2 N–H and O–H groups in total. The fourth-order valence-corrected chi connectivity index (χ4v) is 2.88. The first-order valence-corrected chi connectivity index (χ1v) is 7.49. The van der Waals surface area contributed by atoms with Crippen molar-refractivity contribution in [1.82, 2.24) is 15.5 Å². The number of rotatable bonds is 5. The Morgan fingerprint density at radius 1 is 1.20 bits per heavy atom. The minimum absolute atomic E-state index is 0.167. The predicted molar refractivity (Wildman–Crippen MR) is 74.0 cm³/mol. The average molecular weight is 281 g/mol. The van der Waals surface area contributed by atoms with Gasteiger partial charge in [-0.3, -0.25) is 14.9 Å². The molecule has 2 aliphatic heterocycles. The van der Waals surface area contributed by atoms with Gasteiger partial charge in [-0.25, -0.2) is 4.79 Å². The van der Waals surface area contributed by atoms with E-state index in [9.17, 15) is 14.4 Å². The minimum atomic E-state index is -0.782. The van der Waals surface area contributed by atoms with Gasteiger partial charge in [-0.05, 0) is 19.3 Å². The first-order chi connectivity index (χ1) is 9.57. The summed E-state index contributed by atoms with van der Waals surface area (Å²) in [5.74, 6) is -0.0850. The summed E-state index contributed by atoms with van der Waals surface area (Å²) in [5.41, 5.74) is -0.782. The van der Waals surface area contributed by atoms with Crippen molar-refractivity contribution >= 4 is 17.8 Å². The lowest BCUT2D eigenvalue weighted by molar-refractivity contribution is -0.135. The number of likely N-dealkylation sites (tertiary alicyclic amines) is 1. The molecule has 20 heavy (non-hydrogen) atoms. The molecule has 2 heterocycles. The zero-order valence-corrected chi connectivity index (χ0v) is 12.0. The van der Waals surface area contributed by atoms with Gasteiger partial charge in [0.25, 0.3) is 5.91 Å². The van der Waals surface area contributed by atoms with Crippen LogP contribution in [-0.2, 0) is 9.59 Å². The molecular weight excluding hydrogens is 258 g/mol. The third kappa shape index (κ3) is 3.11. The highest BCUT2D eigenvalue weighted by Gasteiger charge is 2.48. The number of nitrogens with zero attached hydrogens (tertiary/aromatic N) is 1. The zero-order valence-electron chi connectivity index (χ0n) is 12.0. The van der Waals surface area contributed by atoms with E-state index < -0.39 is 11.6 Å². The van der Waals surface area contributed by atoms with Crippen LogP contribution in [0, 0.1) is 0 Å². The molecule has 0 unspecified atom stereocenters. The summed E-state index contributed by atoms with van der Waals surface area (Å²) >= 11 is 0. The molecule has 2 saturated heterocycles. The average Bonchev–Trinajstić information content (AvgIpc) is 2.70. The zero-order chi connectivity index (χ0) is 14.6. The van der Waals surface area contributed by atoms with Gasteiger partial charge in [0.1, 0.15) is 5.54 Å². The number of carbonyl (C=O) groups excluding carboxylic acids is 3. The molecule has 2 fully saturated rings. The van der Waals surface area contributed by atoms with Gasteiger partial charge in [0.2, 0.25) is 5.91 Å². The maximum absolute atomic E-state index is 12.0. The Balaban J connectivity index is 1.78. The molecule has 0 atom stereocenters. The molecule has 2 rings (SSSR count). The molecule has 0 aromatic rings. The number of piperidine rings is 1. The fourth-order valence-electron chi connectivity index (χ4n) is 2.88. The van der Waals surface area contributed by atoms with E-state index in [2.05, 4.69) is 17.6 Å². The van der Waals surface area contributed by atoms with Crippen LogP contribution in [0.5, 0.6) is 0 Å². The molecule has 0 aliphatic carbocycles. The van der Waals surface area contributed by atoms with Crippen molar-refractivity contribution in [3.8, 4) is 0 Å². The Bertz CT molecular complexity index is 400. The molecule has 6 nitrogen and oxygen atoms in total. The molecular formula is C14H23N3O3. The monoisotopic (exact) mass is 281 g/mol. The maximum Gasteiger partial charge on any atom is 0.322 e. The smallest absolute Gasteiger partial charge is 0.322 e. The Kier molecular flexibility index (Phi) is 4.62. The number of nitrogens with one attached hydrogen (secondary N) is 2. The van der Waals surface area contributed by atoms with Crippen LogP contribution < -0.4 is 10.6 Å². The fraction of sp³-hybridized carbons (Fsp3) is 0.786. The van der Waals surface area contributed by atoms with E-state index in [1.165, 1.54) is 6.42 Å². The highest BCUT2D eigenvalue weighted by atomic mass is 16.2. The molecule has 1 spiro atoms. The van der Waals surface area contributed by atoms with Crippen LogP contribution in [0.4, 0.5) is 4.79 Å². The van der Waals surface area contributed by atoms with Crippen molar-refractivity contribution in [3.05, 3.63) is 0 Å². The van der Waals surface area contributed by atoms with Crippen molar-refractivity contribution < 1.29 is 14.4 Å². The number of urea groups is 1. The summed E-state index contributed by atoms with van der Waals surface area (Å²) in [7, 11) is 0. The van der Waals surface area contributed by atoms with E-state index in [1.54, 1.807) is 0 Å². The Labute approximate surface area is 119 Å². The number of unbranched alkanes of at least 4 members (excludes halogenated alkanes) is 3. The Morgan fingerprint density at radius 3 is 2.45 bits per heavy atom. The summed E-state index contributed by atoms with van der Waals surface area (Å²) in [5, 5.41) is 4.98. The van der Waals surface area contributed by atoms with Crippen LogP contribution in [0.3, 0.4) is 0 Å². The van der Waals surface area contributed by atoms with Crippen molar-refractivity contribution in [1.29, 1.82) is 0 Å². The lowest BCUT2D eigenvalue weighted by Crippen LogP contribution is -2.55. The third-order valence-electron chi connectivity index (χ3n) is 4.23. The Hall–Kier alpha value is -1.59. The van der Waals surface area contributed by atoms with Crippen LogP contribution >= 0.6 is 0 Å². The number of hydrogen-bond donors (Lipinski definition) is 2. The first-order valence-electron chi connectivity index (χ1n) is 7.49. The molecule has 0 saturated carbocycles. The van der Waals surface area contributed by atoms with Crippen LogP contribution in [0.25, 0.3) is 0 Å². The second kappa shape index (κ2) is 6.24. The van der Waals surface area contributed by atoms with E-state index in [0.29, 0.717) is 32.4 Å². The molecule has 0 bridgehead atoms. The quantitative estimate of drug-likeness (QED) is 0.586. The van der Waals surface area contributed by atoms with Gasteiger partial charge >= 0.3 is 6.03 Å². The van der Waals surface area contributed by atoms with E-state index in [4.69, 9.17) is 0 Å². The SMILES string of the molecule is CCCCCCC(=O)N1CCC2(CC1)NC(=O)NC2=O. The number of amides is 4. The predicted octanol–water partition coefficient (Wildman–Crippen LogP) is 1.16. The van der Waals surface area contributed by atoms with Gasteiger partial charge in [0, 0.05) is 19.5 Å². The van der Waals surface area contributed by atoms with Crippen molar-refractivity contribution in [2.75, 3.05) is 13.1 Å². The largest absolute Gasteiger partial charge is 0.342 e. The molecule has 2 aliphatic rings. The van der Waals surface area contributed by atoms with Gasteiger partial charge < -0.3 is 10.2 Å². The van der Waals surface area contributed by atoms with Crippen molar-refractivity contribution in [2.24, 2.45) is 0 Å². The van der Waals surface area contributed by atoms with E-state index in [0.717, 1.165) is 19.3 Å².